The van der Waals surface area contributed by atoms with Crippen molar-refractivity contribution in [3.63, 3.8) is 0 Å². The van der Waals surface area contributed by atoms with Gasteiger partial charge in [-0.25, -0.2) is 4.98 Å². The zero-order valence-corrected chi connectivity index (χ0v) is 38.7. The molecule has 3 amide bonds. The number of halogens is 1. The van der Waals surface area contributed by atoms with Crippen molar-refractivity contribution in [1.82, 2.24) is 14.8 Å². The standard InChI is InChI=1S/C15H21NO2.C15H21NO.C13H19NO.C8H10FN/c1-11(2)13-5-4-12(3)14(10-13)15(17)16-6-8-18-9-7-16;1-11(2)13-8-7-12(3)14(10-13)16-9-5-4-6-15(16)17;1-9(2)11-7-6-10(3)12(8-11)13(15)14(4)5;1-6(2)7-3-4-8(9)10-5-7/h4-5,10-11H,6-9H2,1-3H3;7-8,10-11H,4-6,9H2,1-3H3;6-9H,1-5H3;3-6H,1-2H3. The topological polar surface area (TPSA) is 83.1 Å². The molecule has 60 heavy (non-hydrogen) atoms. The van der Waals surface area contributed by atoms with E-state index >= 15 is 0 Å². The molecule has 0 aliphatic carbocycles. The van der Waals surface area contributed by atoms with Crippen LogP contribution in [-0.4, -0.2) is 79.4 Å². The molecule has 2 aliphatic rings. The fourth-order valence-corrected chi connectivity index (χ4v) is 6.70. The molecule has 0 saturated carbocycles. The van der Waals surface area contributed by atoms with E-state index in [0.29, 0.717) is 56.4 Å². The first-order valence-electron chi connectivity index (χ1n) is 21.6. The summed E-state index contributed by atoms with van der Waals surface area (Å²) in [6.07, 6.45) is 4.43. The normalized spacial score (nSPS) is 13.9. The lowest BCUT2D eigenvalue weighted by atomic mass is 9.97. The van der Waals surface area contributed by atoms with Gasteiger partial charge in [-0.05, 0) is 120 Å². The number of ether oxygens (including phenoxy) is 1. The van der Waals surface area contributed by atoms with E-state index in [-0.39, 0.29) is 17.7 Å². The average molecular weight is 823 g/mol. The van der Waals surface area contributed by atoms with Crippen LogP contribution >= 0.6 is 0 Å². The van der Waals surface area contributed by atoms with Gasteiger partial charge in [0.2, 0.25) is 11.9 Å². The number of carbonyl (C=O) groups excluding carboxylic acids is 3. The number of hydrogen-bond acceptors (Lipinski definition) is 5. The number of piperidine rings is 1. The van der Waals surface area contributed by atoms with Crippen molar-refractivity contribution in [1.29, 1.82) is 0 Å². The first kappa shape index (κ1) is 49.5. The molecule has 2 aliphatic heterocycles. The number of nitrogens with zero attached hydrogens (tertiary/aromatic N) is 4. The number of benzene rings is 3. The van der Waals surface area contributed by atoms with E-state index in [1.165, 1.54) is 28.3 Å². The Hall–Kier alpha value is -4.89. The van der Waals surface area contributed by atoms with E-state index in [1.54, 1.807) is 31.3 Å². The number of carbonyl (C=O) groups is 3. The van der Waals surface area contributed by atoms with Crippen LogP contribution in [0.15, 0.2) is 72.9 Å². The molecule has 2 fully saturated rings. The minimum Gasteiger partial charge on any atom is -0.378 e. The molecular weight excluding hydrogens is 752 g/mol. The number of aryl methyl sites for hydroxylation is 3. The summed E-state index contributed by atoms with van der Waals surface area (Å²) >= 11 is 0. The molecule has 1 aromatic heterocycles. The lowest BCUT2D eigenvalue weighted by molar-refractivity contribution is -0.119. The minimum absolute atomic E-state index is 0.0787. The quantitative estimate of drug-likeness (QED) is 0.173. The molecule has 0 radical (unpaired) electrons. The van der Waals surface area contributed by atoms with Gasteiger partial charge in [-0.1, -0.05) is 97.9 Å². The number of aromatic nitrogens is 1. The first-order chi connectivity index (χ1) is 28.3. The Morgan fingerprint density at radius 3 is 1.62 bits per heavy atom. The third kappa shape index (κ3) is 14.7. The van der Waals surface area contributed by atoms with E-state index in [4.69, 9.17) is 4.74 Å². The molecule has 0 atom stereocenters. The van der Waals surface area contributed by atoms with Gasteiger partial charge in [0, 0.05) is 63.2 Å². The molecule has 9 heteroatoms. The fraction of sp³-hybridized carbons (Fsp3) is 0.490. The second kappa shape index (κ2) is 23.8. The first-order valence-corrected chi connectivity index (χ1v) is 21.6. The predicted octanol–water partition coefficient (Wildman–Crippen LogP) is 11.4. The summed E-state index contributed by atoms with van der Waals surface area (Å²) in [6.45, 7) is 26.7. The van der Waals surface area contributed by atoms with Gasteiger partial charge >= 0.3 is 0 Å². The molecule has 0 bridgehead atoms. The van der Waals surface area contributed by atoms with Crippen molar-refractivity contribution in [2.45, 2.75) is 119 Å². The van der Waals surface area contributed by atoms with Crippen LogP contribution in [0.2, 0.25) is 0 Å². The Labute approximate surface area is 360 Å². The van der Waals surface area contributed by atoms with Crippen LogP contribution in [0.3, 0.4) is 0 Å². The highest BCUT2D eigenvalue weighted by molar-refractivity contribution is 5.96. The molecule has 0 spiro atoms. The summed E-state index contributed by atoms with van der Waals surface area (Å²) in [6, 6.07) is 21.9. The van der Waals surface area contributed by atoms with Crippen molar-refractivity contribution in [3.05, 3.63) is 129 Å². The van der Waals surface area contributed by atoms with Crippen LogP contribution in [-0.2, 0) is 9.53 Å². The molecule has 0 N–H and O–H groups in total. The zero-order valence-electron chi connectivity index (χ0n) is 38.7. The third-order valence-electron chi connectivity index (χ3n) is 11.0. The van der Waals surface area contributed by atoms with Crippen molar-refractivity contribution < 1.29 is 23.5 Å². The Bertz CT molecular complexity index is 2000. The van der Waals surface area contributed by atoms with Crippen LogP contribution in [0.4, 0.5) is 10.1 Å². The van der Waals surface area contributed by atoms with Crippen LogP contribution in [0, 0.1) is 26.7 Å². The molecular formula is C51H71FN4O4. The highest BCUT2D eigenvalue weighted by Gasteiger charge is 2.22. The van der Waals surface area contributed by atoms with Gasteiger partial charge in [0.15, 0.2) is 0 Å². The number of morpholine rings is 1. The summed E-state index contributed by atoms with van der Waals surface area (Å²) in [5.74, 6) is 1.92. The molecule has 2 saturated heterocycles. The van der Waals surface area contributed by atoms with Crippen LogP contribution < -0.4 is 4.90 Å². The number of anilines is 1. The molecule has 3 aromatic carbocycles. The van der Waals surface area contributed by atoms with Crippen LogP contribution in [0.1, 0.15) is 158 Å². The monoisotopic (exact) mass is 823 g/mol. The van der Waals surface area contributed by atoms with E-state index in [0.717, 1.165) is 52.9 Å². The zero-order chi connectivity index (χ0) is 44.7. The van der Waals surface area contributed by atoms with Gasteiger partial charge in [-0.2, -0.15) is 4.39 Å². The highest BCUT2D eigenvalue weighted by Crippen LogP contribution is 2.28. The molecule has 3 heterocycles. The van der Waals surface area contributed by atoms with Crippen LogP contribution in [0.25, 0.3) is 0 Å². The summed E-state index contributed by atoms with van der Waals surface area (Å²) in [7, 11) is 3.56. The maximum absolute atomic E-state index is 12.5. The van der Waals surface area contributed by atoms with Crippen molar-refractivity contribution in [2.24, 2.45) is 0 Å². The van der Waals surface area contributed by atoms with E-state index in [2.05, 4.69) is 97.6 Å². The molecule has 8 nitrogen and oxygen atoms in total. The van der Waals surface area contributed by atoms with Gasteiger partial charge in [0.05, 0.1) is 13.2 Å². The lowest BCUT2D eigenvalue weighted by Gasteiger charge is -2.29. The van der Waals surface area contributed by atoms with Gasteiger partial charge in [0.1, 0.15) is 0 Å². The van der Waals surface area contributed by atoms with Gasteiger partial charge in [-0.15, -0.1) is 0 Å². The average Bonchev–Trinajstić information content (AvgIpc) is 3.22. The lowest BCUT2D eigenvalue weighted by Crippen LogP contribution is -2.41. The van der Waals surface area contributed by atoms with Crippen LogP contribution in [0.5, 0.6) is 0 Å². The SMILES string of the molecule is CC(C)c1ccc(F)nc1.Cc1ccc(C(C)C)cc1C(=O)N(C)C.Cc1ccc(C(C)C)cc1C(=O)N1CCOCC1.Cc1ccc(C(C)C)cc1N1CCCCC1=O. The van der Waals surface area contributed by atoms with Gasteiger partial charge in [-0.3, -0.25) is 14.4 Å². The largest absolute Gasteiger partial charge is 0.378 e. The maximum Gasteiger partial charge on any atom is 0.254 e. The maximum atomic E-state index is 12.5. The molecule has 6 rings (SSSR count). The second-order valence-electron chi connectivity index (χ2n) is 17.3. The van der Waals surface area contributed by atoms with E-state index in [9.17, 15) is 18.8 Å². The molecule has 0 unspecified atom stereocenters. The Morgan fingerprint density at radius 1 is 0.650 bits per heavy atom. The Balaban J connectivity index is 0.000000218. The molecule has 4 aromatic rings. The smallest absolute Gasteiger partial charge is 0.254 e. The Morgan fingerprint density at radius 2 is 1.13 bits per heavy atom. The van der Waals surface area contributed by atoms with Gasteiger partial charge < -0.3 is 19.4 Å². The van der Waals surface area contributed by atoms with Gasteiger partial charge in [0.25, 0.3) is 11.8 Å². The summed E-state index contributed by atoms with van der Waals surface area (Å²) in [4.78, 5) is 45.3. The van der Waals surface area contributed by atoms with Crippen molar-refractivity contribution >= 4 is 23.4 Å². The second-order valence-corrected chi connectivity index (χ2v) is 17.3. The number of pyridine rings is 1. The fourth-order valence-electron chi connectivity index (χ4n) is 6.70. The number of amides is 3. The number of rotatable bonds is 7. The highest BCUT2D eigenvalue weighted by atomic mass is 19.1. The van der Waals surface area contributed by atoms with E-state index < -0.39 is 5.95 Å². The number of hydrogen-bond donors (Lipinski definition) is 0. The van der Waals surface area contributed by atoms with Crippen molar-refractivity contribution in [2.75, 3.05) is 51.8 Å². The summed E-state index contributed by atoms with van der Waals surface area (Å²) < 4.78 is 17.5. The third-order valence-corrected chi connectivity index (χ3v) is 11.0. The summed E-state index contributed by atoms with van der Waals surface area (Å²) in [5, 5.41) is 0. The minimum atomic E-state index is -0.413. The summed E-state index contributed by atoms with van der Waals surface area (Å²) in [5.41, 5.74) is 10.9. The predicted molar refractivity (Wildman–Crippen MR) is 245 cm³/mol. The van der Waals surface area contributed by atoms with Crippen molar-refractivity contribution in [3.8, 4) is 0 Å². The van der Waals surface area contributed by atoms with E-state index in [1.807, 2.05) is 47.9 Å². The Kier molecular flexibility index (Phi) is 19.6. The molecule has 326 valence electrons.